The number of nitrogens with zero attached hydrogens (tertiary/aromatic N) is 1. The van der Waals surface area contributed by atoms with Gasteiger partial charge in [0, 0.05) is 0 Å². The maximum absolute atomic E-state index is 13.1. The van der Waals surface area contributed by atoms with Crippen LogP contribution in [0.5, 0.6) is 5.75 Å². The van der Waals surface area contributed by atoms with Crippen molar-refractivity contribution in [1.29, 1.82) is 0 Å². The smallest absolute Gasteiger partial charge is 0.244 e. The maximum Gasteiger partial charge on any atom is 0.244 e. The van der Waals surface area contributed by atoms with Crippen molar-refractivity contribution in [2.24, 2.45) is 0 Å². The molecular formula is C23H32N2O4S. The van der Waals surface area contributed by atoms with Gasteiger partial charge >= 0.3 is 0 Å². The molecule has 0 unspecified atom stereocenters. The summed E-state index contributed by atoms with van der Waals surface area (Å²) in [6.45, 7) is 10.1. The van der Waals surface area contributed by atoms with E-state index in [4.69, 9.17) is 4.74 Å². The first-order valence-electron chi connectivity index (χ1n) is 10.2. The summed E-state index contributed by atoms with van der Waals surface area (Å²) >= 11 is 0. The predicted octanol–water partition coefficient (Wildman–Crippen LogP) is 4.12. The van der Waals surface area contributed by atoms with Crippen molar-refractivity contribution in [3.05, 3.63) is 59.2 Å². The molecule has 2 atom stereocenters. The SMILES string of the molecule is CCOc1ccc(N([C@@H](CC)C(=O)N[C@H](C)c2ccc(C)cc2C)S(C)(=O)=O)cc1. The van der Waals surface area contributed by atoms with Crippen molar-refractivity contribution in [2.75, 3.05) is 17.2 Å². The van der Waals surface area contributed by atoms with Gasteiger partial charge in [0.25, 0.3) is 0 Å². The number of carbonyl (C=O) groups is 1. The highest BCUT2D eigenvalue weighted by Crippen LogP contribution is 2.26. The minimum atomic E-state index is -3.68. The molecule has 0 saturated heterocycles. The van der Waals surface area contributed by atoms with Crippen LogP contribution >= 0.6 is 0 Å². The molecule has 0 aliphatic heterocycles. The van der Waals surface area contributed by atoms with E-state index < -0.39 is 16.1 Å². The first-order chi connectivity index (χ1) is 14.1. The molecule has 30 heavy (non-hydrogen) atoms. The highest BCUT2D eigenvalue weighted by Gasteiger charge is 2.32. The third kappa shape index (κ3) is 5.75. The molecule has 0 bridgehead atoms. The number of rotatable bonds is 9. The van der Waals surface area contributed by atoms with Gasteiger partial charge < -0.3 is 10.1 Å². The van der Waals surface area contributed by atoms with E-state index in [1.165, 1.54) is 4.31 Å². The molecule has 164 valence electrons. The summed E-state index contributed by atoms with van der Waals surface area (Å²) in [5, 5.41) is 2.99. The van der Waals surface area contributed by atoms with Gasteiger partial charge in [0.15, 0.2) is 0 Å². The van der Waals surface area contributed by atoms with Crippen LogP contribution in [-0.2, 0) is 14.8 Å². The summed E-state index contributed by atoms with van der Waals surface area (Å²) in [5.74, 6) is 0.319. The summed E-state index contributed by atoms with van der Waals surface area (Å²) in [5.41, 5.74) is 3.68. The van der Waals surface area contributed by atoms with Crippen LogP contribution in [0.3, 0.4) is 0 Å². The molecule has 1 N–H and O–H groups in total. The van der Waals surface area contributed by atoms with Gasteiger partial charge in [-0.3, -0.25) is 9.10 Å². The van der Waals surface area contributed by atoms with E-state index in [1.54, 1.807) is 31.2 Å². The molecular weight excluding hydrogens is 400 g/mol. The second kappa shape index (κ2) is 9.98. The summed E-state index contributed by atoms with van der Waals surface area (Å²) in [6, 6.07) is 11.7. The summed E-state index contributed by atoms with van der Waals surface area (Å²) in [7, 11) is -3.68. The highest BCUT2D eigenvalue weighted by molar-refractivity contribution is 7.92. The fourth-order valence-electron chi connectivity index (χ4n) is 3.62. The summed E-state index contributed by atoms with van der Waals surface area (Å²) in [4.78, 5) is 13.1. The van der Waals surface area contributed by atoms with Gasteiger partial charge in [-0.1, -0.05) is 30.7 Å². The van der Waals surface area contributed by atoms with Crippen LogP contribution in [0.1, 0.15) is 49.9 Å². The Kier molecular flexibility index (Phi) is 7.89. The zero-order chi connectivity index (χ0) is 22.5. The molecule has 7 heteroatoms. The van der Waals surface area contributed by atoms with E-state index in [9.17, 15) is 13.2 Å². The number of carbonyl (C=O) groups excluding carboxylic acids is 1. The van der Waals surface area contributed by atoms with Gasteiger partial charge in [0.2, 0.25) is 15.9 Å². The number of sulfonamides is 1. The number of hydrogen-bond acceptors (Lipinski definition) is 4. The lowest BCUT2D eigenvalue weighted by Crippen LogP contribution is -2.49. The van der Waals surface area contributed by atoms with E-state index in [1.807, 2.05) is 39.8 Å². The Morgan fingerprint density at radius 1 is 1.10 bits per heavy atom. The van der Waals surface area contributed by atoms with Crippen LogP contribution in [0, 0.1) is 13.8 Å². The molecule has 0 heterocycles. The van der Waals surface area contributed by atoms with E-state index in [2.05, 4.69) is 11.4 Å². The van der Waals surface area contributed by atoms with Gasteiger partial charge in [0.05, 0.1) is 24.6 Å². The average molecular weight is 433 g/mol. The van der Waals surface area contributed by atoms with Crippen molar-refractivity contribution >= 4 is 21.6 Å². The number of nitrogens with one attached hydrogen (secondary N) is 1. The molecule has 0 saturated carbocycles. The Hall–Kier alpha value is -2.54. The third-order valence-electron chi connectivity index (χ3n) is 4.98. The zero-order valence-corrected chi connectivity index (χ0v) is 19.4. The maximum atomic E-state index is 13.1. The Morgan fingerprint density at radius 2 is 1.73 bits per heavy atom. The number of hydrogen-bond donors (Lipinski definition) is 1. The van der Waals surface area contributed by atoms with Crippen LogP contribution in [0.2, 0.25) is 0 Å². The molecule has 2 aromatic rings. The molecule has 0 aliphatic rings. The van der Waals surface area contributed by atoms with Crippen LogP contribution < -0.4 is 14.4 Å². The first kappa shape index (κ1) is 23.7. The summed E-state index contributed by atoms with van der Waals surface area (Å²) in [6.07, 6.45) is 1.46. The number of ether oxygens (including phenoxy) is 1. The molecule has 0 aliphatic carbocycles. The molecule has 1 amide bonds. The number of aryl methyl sites for hydroxylation is 2. The molecule has 2 rings (SSSR count). The van der Waals surface area contributed by atoms with Crippen molar-refractivity contribution in [3.8, 4) is 5.75 Å². The number of anilines is 1. The van der Waals surface area contributed by atoms with Crippen molar-refractivity contribution < 1.29 is 17.9 Å². The van der Waals surface area contributed by atoms with Gasteiger partial charge in [-0.15, -0.1) is 0 Å². The van der Waals surface area contributed by atoms with Gasteiger partial charge in [-0.25, -0.2) is 8.42 Å². The normalized spacial score (nSPS) is 13.4. The first-order valence-corrected chi connectivity index (χ1v) is 12.0. The lowest BCUT2D eigenvalue weighted by molar-refractivity contribution is -0.122. The van der Waals surface area contributed by atoms with E-state index in [0.717, 1.165) is 22.9 Å². The molecule has 0 radical (unpaired) electrons. The second-order valence-corrected chi connectivity index (χ2v) is 9.36. The van der Waals surface area contributed by atoms with Gasteiger partial charge in [0.1, 0.15) is 11.8 Å². The van der Waals surface area contributed by atoms with Crippen LogP contribution in [-0.4, -0.2) is 33.2 Å². The Balaban J connectivity index is 2.31. The van der Waals surface area contributed by atoms with Crippen molar-refractivity contribution in [3.63, 3.8) is 0 Å². The molecule has 2 aromatic carbocycles. The van der Waals surface area contributed by atoms with E-state index >= 15 is 0 Å². The molecule has 0 fully saturated rings. The van der Waals surface area contributed by atoms with Gasteiger partial charge in [-0.2, -0.15) is 0 Å². The minimum Gasteiger partial charge on any atom is -0.494 e. The van der Waals surface area contributed by atoms with E-state index in [0.29, 0.717) is 24.5 Å². The lowest BCUT2D eigenvalue weighted by Gasteiger charge is -2.31. The fraction of sp³-hybridized carbons (Fsp3) is 0.435. The molecule has 0 aromatic heterocycles. The van der Waals surface area contributed by atoms with Crippen LogP contribution in [0.25, 0.3) is 0 Å². The lowest BCUT2D eigenvalue weighted by atomic mass is 10.00. The standard InChI is InChI=1S/C23H32N2O4S/c1-7-22(23(26)24-18(5)21-14-9-16(3)15-17(21)4)25(30(6,27)28)19-10-12-20(13-11-19)29-8-2/h9-15,18,22H,7-8H2,1-6H3,(H,24,26)/t18-,22+/m1/s1. The summed E-state index contributed by atoms with van der Waals surface area (Å²) < 4.78 is 31.8. The third-order valence-corrected chi connectivity index (χ3v) is 6.16. The fourth-order valence-corrected chi connectivity index (χ4v) is 4.83. The van der Waals surface area contributed by atoms with Crippen molar-refractivity contribution in [1.82, 2.24) is 5.32 Å². The van der Waals surface area contributed by atoms with Crippen molar-refractivity contribution in [2.45, 2.75) is 53.1 Å². The predicted molar refractivity (Wildman–Crippen MR) is 121 cm³/mol. The number of benzene rings is 2. The highest BCUT2D eigenvalue weighted by atomic mass is 32.2. The number of amides is 1. The largest absolute Gasteiger partial charge is 0.494 e. The molecule has 6 nitrogen and oxygen atoms in total. The Bertz CT molecular complexity index is 971. The second-order valence-electron chi connectivity index (χ2n) is 7.50. The minimum absolute atomic E-state index is 0.242. The monoisotopic (exact) mass is 432 g/mol. The Morgan fingerprint density at radius 3 is 2.23 bits per heavy atom. The molecule has 0 spiro atoms. The zero-order valence-electron chi connectivity index (χ0n) is 18.6. The van der Waals surface area contributed by atoms with Crippen LogP contribution in [0.15, 0.2) is 42.5 Å². The topological polar surface area (TPSA) is 75.7 Å². The van der Waals surface area contributed by atoms with E-state index in [-0.39, 0.29) is 11.9 Å². The Labute approximate surface area is 180 Å². The average Bonchev–Trinajstić information content (AvgIpc) is 2.65. The van der Waals surface area contributed by atoms with Crippen LogP contribution in [0.4, 0.5) is 5.69 Å². The van der Waals surface area contributed by atoms with Gasteiger partial charge in [-0.05, 0) is 69.5 Å². The quantitative estimate of drug-likeness (QED) is 0.647.